The molecule has 1 aliphatic heterocycles. The highest BCUT2D eigenvalue weighted by atomic mass is 16.7. The van der Waals surface area contributed by atoms with Crippen LogP contribution in [0, 0.1) is 0 Å². The van der Waals surface area contributed by atoms with Crippen molar-refractivity contribution in [3.8, 4) is 0 Å². The van der Waals surface area contributed by atoms with E-state index in [2.05, 4.69) is 6.58 Å². The molecule has 0 aliphatic carbocycles. The van der Waals surface area contributed by atoms with Gasteiger partial charge in [0.05, 0.1) is 19.2 Å². The molecule has 1 saturated heterocycles. The van der Waals surface area contributed by atoms with E-state index in [1.807, 2.05) is 0 Å². The van der Waals surface area contributed by atoms with Crippen LogP contribution < -0.4 is 5.11 Å². The average Bonchev–Trinajstić information content (AvgIpc) is 2.41. The first kappa shape index (κ1) is 10.1. The topological polar surface area (TPSA) is 58.6 Å². The molecule has 0 N–H and O–H groups in total. The molecule has 0 amide bonds. The molecule has 11 heavy (non-hydrogen) atoms. The largest absolute Gasteiger partial charge is 0.545 e. The third kappa shape index (κ3) is 7.02. The molecule has 0 bridgehead atoms. The predicted octanol–water partition coefficient (Wildman–Crippen LogP) is -0.697. The Morgan fingerprint density at radius 3 is 1.91 bits per heavy atom. The molecule has 1 fully saturated rings. The summed E-state index contributed by atoms with van der Waals surface area (Å²) in [4.78, 5) is 9.49. The number of carbonyl (C=O) groups is 1. The fourth-order valence-corrected chi connectivity index (χ4v) is 0.295. The van der Waals surface area contributed by atoms with Crippen LogP contribution in [-0.2, 0) is 14.3 Å². The molecule has 1 heterocycles. The number of hydrogen-bond donors (Lipinski definition) is 0. The number of aliphatic carboxylic acids is 1. The zero-order valence-electron chi connectivity index (χ0n) is 6.46. The van der Waals surface area contributed by atoms with Gasteiger partial charge >= 0.3 is 0 Å². The predicted molar refractivity (Wildman–Crippen MR) is 36.6 cm³/mol. The maximum atomic E-state index is 9.49. The van der Waals surface area contributed by atoms with Gasteiger partial charge in [-0.25, -0.2) is 0 Å². The first-order valence-electron chi connectivity index (χ1n) is 3.17. The highest BCUT2D eigenvalue weighted by molar-refractivity contribution is 5.82. The summed E-state index contributed by atoms with van der Waals surface area (Å²) in [5, 5.41) is 9.49. The standard InChI is InChI=1S/C4H6O2.C3H6O2/c1-3(2)4(5)6;1-2-5-3-4-1/h1H2,2H3,(H,5,6);1-3H2/p-1. The fraction of sp³-hybridized carbons (Fsp3) is 0.571. The molecule has 0 aromatic carbocycles. The minimum atomic E-state index is -1.19. The number of carboxylic acid groups (broad SMARTS) is 1. The van der Waals surface area contributed by atoms with Crippen molar-refractivity contribution in [1.29, 1.82) is 0 Å². The van der Waals surface area contributed by atoms with E-state index in [4.69, 9.17) is 9.47 Å². The van der Waals surface area contributed by atoms with Crippen LogP contribution in [-0.4, -0.2) is 26.0 Å². The second kappa shape index (κ2) is 5.88. The lowest BCUT2D eigenvalue weighted by Crippen LogP contribution is -2.22. The van der Waals surface area contributed by atoms with E-state index in [1.165, 1.54) is 6.92 Å². The Balaban J connectivity index is 0.000000183. The smallest absolute Gasteiger partial charge is 0.146 e. The highest BCUT2D eigenvalue weighted by Crippen LogP contribution is 1.85. The summed E-state index contributed by atoms with van der Waals surface area (Å²) in [6.07, 6.45) is 0. The molecule has 64 valence electrons. The van der Waals surface area contributed by atoms with Crippen molar-refractivity contribution in [3.05, 3.63) is 12.2 Å². The summed E-state index contributed by atoms with van der Waals surface area (Å²) in [5.41, 5.74) is 0.0648. The Bertz CT molecular complexity index is 118. The van der Waals surface area contributed by atoms with Crippen molar-refractivity contribution >= 4 is 5.97 Å². The van der Waals surface area contributed by atoms with E-state index in [0.29, 0.717) is 6.79 Å². The number of ether oxygens (including phenoxy) is 2. The Labute approximate surface area is 65.4 Å². The van der Waals surface area contributed by atoms with Gasteiger partial charge in [0.25, 0.3) is 0 Å². The van der Waals surface area contributed by atoms with Crippen molar-refractivity contribution in [1.82, 2.24) is 0 Å². The Morgan fingerprint density at radius 2 is 1.82 bits per heavy atom. The molecule has 0 unspecified atom stereocenters. The lowest BCUT2D eigenvalue weighted by molar-refractivity contribution is -0.299. The van der Waals surface area contributed by atoms with E-state index >= 15 is 0 Å². The molecule has 0 radical (unpaired) electrons. The summed E-state index contributed by atoms with van der Waals surface area (Å²) < 4.78 is 9.44. The molecule has 4 heteroatoms. The Hall–Kier alpha value is -0.870. The minimum absolute atomic E-state index is 0.0648. The van der Waals surface area contributed by atoms with E-state index in [0.717, 1.165) is 13.2 Å². The summed E-state index contributed by atoms with van der Waals surface area (Å²) in [7, 11) is 0. The number of hydrogen-bond acceptors (Lipinski definition) is 4. The second-order valence-electron chi connectivity index (χ2n) is 2.00. The van der Waals surface area contributed by atoms with Crippen LogP contribution in [0.25, 0.3) is 0 Å². The molecule has 0 aromatic heterocycles. The molecular weight excluding hydrogens is 148 g/mol. The van der Waals surface area contributed by atoms with E-state index in [9.17, 15) is 9.90 Å². The van der Waals surface area contributed by atoms with E-state index < -0.39 is 5.97 Å². The highest BCUT2D eigenvalue weighted by Gasteiger charge is 1.93. The van der Waals surface area contributed by atoms with Crippen LogP contribution in [0.3, 0.4) is 0 Å². The molecule has 0 spiro atoms. The van der Waals surface area contributed by atoms with Gasteiger partial charge in [0.1, 0.15) is 6.79 Å². The fourth-order valence-electron chi connectivity index (χ4n) is 0.295. The Kier molecular flexibility index (Phi) is 5.42. The zero-order valence-corrected chi connectivity index (χ0v) is 6.46. The summed E-state index contributed by atoms with van der Waals surface area (Å²) in [6, 6.07) is 0. The number of rotatable bonds is 1. The van der Waals surface area contributed by atoms with Crippen molar-refractivity contribution in [2.75, 3.05) is 20.0 Å². The van der Waals surface area contributed by atoms with Gasteiger partial charge in [-0.15, -0.1) is 0 Å². The first-order chi connectivity index (χ1) is 5.14. The van der Waals surface area contributed by atoms with Gasteiger partial charge in [0.2, 0.25) is 0 Å². The van der Waals surface area contributed by atoms with Gasteiger partial charge in [-0.1, -0.05) is 6.58 Å². The van der Waals surface area contributed by atoms with Crippen LogP contribution in [0.2, 0.25) is 0 Å². The van der Waals surface area contributed by atoms with Crippen LogP contribution in [0.4, 0.5) is 0 Å². The van der Waals surface area contributed by atoms with Gasteiger partial charge in [0, 0.05) is 0 Å². The van der Waals surface area contributed by atoms with Crippen molar-refractivity contribution < 1.29 is 19.4 Å². The zero-order chi connectivity index (χ0) is 8.69. The molecular formula is C7H11O4-. The summed E-state index contributed by atoms with van der Waals surface area (Å²) in [6.45, 7) is 6.53. The maximum Gasteiger partial charge on any atom is 0.146 e. The third-order valence-corrected chi connectivity index (χ3v) is 0.887. The number of carbonyl (C=O) groups excluding carboxylic acids is 1. The van der Waals surface area contributed by atoms with Crippen molar-refractivity contribution in [3.63, 3.8) is 0 Å². The van der Waals surface area contributed by atoms with Crippen LogP contribution in [0.15, 0.2) is 12.2 Å². The molecule has 0 saturated carbocycles. The number of carboxylic acids is 1. The van der Waals surface area contributed by atoms with Crippen molar-refractivity contribution in [2.45, 2.75) is 6.92 Å². The lowest BCUT2D eigenvalue weighted by atomic mass is 10.4. The lowest BCUT2D eigenvalue weighted by Gasteiger charge is -1.93. The maximum absolute atomic E-state index is 9.49. The van der Waals surface area contributed by atoms with Gasteiger partial charge in [-0.3, -0.25) is 0 Å². The quantitative estimate of drug-likeness (QED) is 0.475. The minimum Gasteiger partial charge on any atom is -0.545 e. The van der Waals surface area contributed by atoms with Gasteiger partial charge in [0.15, 0.2) is 0 Å². The molecule has 1 aliphatic rings. The normalized spacial score (nSPS) is 15.0. The van der Waals surface area contributed by atoms with E-state index in [-0.39, 0.29) is 5.57 Å². The van der Waals surface area contributed by atoms with Gasteiger partial charge in [-0.2, -0.15) is 0 Å². The second-order valence-corrected chi connectivity index (χ2v) is 2.00. The van der Waals surface area contributed by atoms with Crippen LogP contribution in [0.5, 0.6) is 0 Å². The summed E-state index contributed by atoms with van der Waals surface area (Å²) in [5.74, 6) is -1.19. The molecule has 4 nitrogen and oxygen atoms in total. The average molecular weight is 159 g/mol. The third-order valence-electron chi connectivity index (χ3n) is 0.887. The SMILES string of the molecule is C1COCO1.C=C(C)C(=O)[O-]. The van der Waals surface area contributed by atoms with Gasteiger partial charge < -0.3 is 19.4 Å². The van der Waals surface area contributed by atoms with Gasteiger partial charge in [-0.05, 0) is 12.5 Å². The Morgan fingerprint density at radius 1 is 1.45 bits per heavy atom. The monoisotopic (exact) mass is 159 g/mol. The molecule has 0 atom stereocenters. The summed E-state index contributed by atoms with van der Waals surface area (Å²) >= 11 is 0. The molecule has 0 aromatic rings. The molecule has 1 rings (SSSR count). The van der Waals surface area contributed by atoms with Crippen LogP contribution >= 0.6 is 0 Å². The first-order valence-corrected chi connectivity index (χ1v) is 3.17. The van der Waals surface area contributed by atoms with Crippen LogP contribution in [0.1, 0.15) is 6.92 Å². The van der Waals surface area contributed by atoms with E-state index in [1.54, 1.807) is 0 Å². The van der Waals surface area contributed by atoms with Crippen molar-refractivity contribution in [2.24, 2.45) is 0 Å².